The first-order valence-electron chi connectivity index (χ1n) is 14.8. The second kappa shape index (κ2) is 11.2. The van der Waals surface area contributed by atoms with Gasteiger partial charge in [-0.05, 0) is 49.7 Å². The van der Waals surface area contributed by atoms with Crippen LogP contribution in [-0.4, -0.2) is 64.4 Å². The molecule has 0 spiro atoms. The number of hydrazone groups is 1. The number of hydrogen-bond donors (Lipinski definition) is 1. The van der Waals surface area contributed by atoms with Gasteiger partial charge >= 0.3 is 5.97 Å². The Kier molecular flexibility index (Phi) is 7.19. The zero-order chi connectivity index (χ0) is 31.3. The quantitative estimate of drug-likeness (QED) is 0.273. The van der Waals surface area contributed by atoms with Gasteiger partial charge in [0.15, 0.2) is 11.5 Å². The van der Waals surface area contributed by atoms with E-state index in [9.17, 15) is 18.7 Å². The van der Waals surface area contributed by atoms with E-state index in [1.807, 2.05) is 33.5 Å². The molecule has 3 aliphatic rings. The van der Waals surface area contributed by atoms with Crippen LogP contribution in [0.5, 0.6) is 17.2 Å². The van der Waals surface area contributed by atoms with Crippen LogP contribution in [-0.2, 0) is 23.6 Å². The molecule has 0 amide bonds. The van der Waals surface area contributed by atoms with Gasteiger partial charge in [-0.2, -0.15) is 5.10 Å². The highest BCUT2D eigenvalue weighted by Crippen LogP contribution is 2.49. The van der Waals surface area contributed by atoms with Crippen molar-refractivity contribution >= 4 is 29.0 Å². The number of halogens is 2. The fourth-order valence-electron chi connectivity index (χ4n) is 5.83. The van der Waals surface area contributed by atoms with Gasteiger partial charge in [-0.15, -0.1) is 0 Å². The fourth-order valence-corrected chi connectivity index (χ4v) is 5.83. The SMILES string of the molecule is CCOc1cc(C(=O)O)cc2c1nc(CN1CCN(c3cccc4c3OC(C)(c3ccc(F)cc3F)O4)C=N1)n2C[C@@H]1CCO1. The molecule has 234 valence electrons. The molecular weight excluding hydrogens is 588 g/mol. The summed E-state index contributed by atoms with van der Waals surface area (Å²) in [6.07, 6.45) is 2.61. The van der Waals surface area contributed by atoms with Crippen LogP contribution >= 0.6 is 0 Å². The number of nitrogens with zero attached hydrogens (tertiary/aromatic N) is 5. The molecule has 1 N–H and O–H groups in total. The van der Waals surface area contributed by atoms with Gasteiger partial charge in [0, 0.05) is 26.1 Å². The number of hydrogen-bond acceptors (Lipinski definition) is 9. The number of aromatic nitrogens is 2. The average molecular weight is 620 g/mol. The summed E-state index contributed by atoms with van der Waals surface area (Å²) in [5, 5.41) is 16.3. The van der Waals surface area contributed by atoms with Crippen LogP contribution in [0.3, 0.4) is 0 Å². The lowest BCUT2D eigenvalue weighted by Crippen LogP contribution is -2.38. The Labute approximate surface area is 257 Å². The van der Waals surface area contributed by atoms with Crippen molar-refractivity contribution in [1.82, 2.24) is 14.6 Å². The molecule has 45 heavy (non-hydrogen) atoms. The van der Waals surface area contributed by atoms with E-state index in [0.717, 1.165) is 12.5 Å². The van der Waals surface area contributed by atoms with E-state index in [2.05, 4.69) is 5.10 Å². The molecule has 2 atom stereocenters. The normalized spacial score (nSPS) is 20.5. The van der Waals surface area contributed by atoms with Gasteiger partial charge in [-0.1, -0.05) is 6.07 Å². The molecule has 13 heteroatoms. The number of carboxylic acids is 1. The van der Waals surface area contributed by atoms with Crippen molar-refractivity contribution in [2.45, 2.75) is 45.2 Å². The van der Waals surface area contributed by atoms with Crippen molar-refractivity contribution < 1.29 is 37.6 Å². The second-order valence-electron chi connectivity index (χ2n) is 11.2. The van der Waals surface area contributed by atoms with Gasteiger partial charge in [0.05, 0.1) is 54.7 Å². The number of anilines is 1. The molecule has 3 aliphatic heterocycles. The van der Waals surface area contributed by atoms with Gasteiger partial charge in [-0.3, -0.25) is 5.01 Å². The molecule has 1 fully saturated rings. The number of aromatic carboxylic acids is 1. The Morgan fingerprint density at radius 2 is 2.00 bits per heavy atom. The van der Waals surface area contributed by atoms with Crippen molar-refractivity contribution in [2.24, 2.45) is 5.10 Å². The molecule has 1 unspecified atom stereocenters. The number of ether oxygens (including phenoxy) is 4. The molecule has 4 aromatic rings. The fraction of sp³-hybridized carbons (Fsp3) is 0.344. The summed E-state index contributed by atoms with van der Waals surface area (Å²) in [6, 6.07) is 11.8. The van der Waals surface area contributed by atoms with Crippen LogP contribution < -0.4 is 19.1 Å². The van der Waals surface area contributed by atoms with Crippen molar-refractivity contribution in [3.05, 3.63) is 77.1 Å². The summed E-state index contributed by atoms with van der Waals surface area (Å²) in [6.45, 7) is 6.48. The molecule has 3 aromatic carbocycles. The van der Waals surface area contributed by atoms with E-state index in [0.29, 0.717) is 79.2 Å². The minimum Gasteiger partial charge on any atom is -0.492 e. The van der Waals surface area contributed by atoms with Gasteiger partial charge in [0.25, 0.3) is 5.79 Å². The van der Waals surface area contributed by atoms with Crippen LogP contribution in [0.2, 0.25) is 0 Å². The summed E-state index contributed by atoms with van der Waals surface area (Å²) in [5.74, 6) is -1.96. The summed E-state index contributed by atoms with van der Waals surface area (Å²) in [4.78, 5) is 18.7. The summed E-state index contributed by atoms with van der Waals surface area (Å²) in [7, 11) is 0. The van der Waals surface area contributed by atoms with Crippen LogP contribution in [0.4, 0.5) is 14.5 Å². The molecule has 4 heterocycles. The molecule has 1 saturated heterocycles. The standard InChI is InChI=1S/C32H31F2N5O6/c1-3-42-27-14-19(31(40)41)13-25-29(27)36-28(39(25)16-21-9-12-43-21)17-38-11-10-37(18-35-38)24-5-4-6-26-30(24)45-32(2,44-26)22-8-7-20(33)15-23(22)34/h4-8,13-15,18,21H,3,9-12,16-17H2,1-2H3,(H,40,41)/t21-,32?/m0/s1. The van der Waals surface area contributed by atoms with Crippen molar-refractivity contribution in [1.29, 1.82) is 0 Å². The summed E-state index contributed by atoms with van der Waals surface area (Å²) in [5.41, 5.74) is 2.17. The van der Waals surface area contributed by atoms with Gasteiger partial charge < -0.3 is 33.5 Å². The smallest absolute Gasteiger partial charge is 0.335 e. The number of imidazole rings is 1. The van der Waals surface area contributed by atoms with Crippen molar-refractivity contribution in [3.63, 3.8) is 0 Å². The number of para-hydroxylation sites is 1. The number of carboxylic acid groups (broad SMARTS) is 1. The first kappa shape index (κ1) is 28.8. The minimum absolute atomic E-state index is 0.0157. The van der Waals surface area contributed by atoms with Crippen LogP contribution in [0.1, 0.15) is 42.0 Å². The number of fused-ring (bicyclic) bond motifs is 2. The molecule has 0 saturated carbocycles. The highest BCUT2D eigenvalue weighted by molar-refractivity contribution is 5.95. The number of carbonyl (C=O) groups is 1. The van der Waals surface area contributed by atoms with Crippen molar-refractivity contribution in [3.8, 4) is 17.2 Å². The molecule has 7 rings (SSSR count). The predicted octanol–water partition coefficient (Wildman–Crippen LogP) is 5.11. The topological polar surface area (TPSA) is 111 Å². The molecular formula is C32H31F2N5O6. The average Bonchev–Trinajstić information content (AvgIpc) is 3.52. The summed E-state index contributed by atoms with van der Waals surface area (Å²) < 4.78 is 53.9. The maximum absolute atomic E-state index is 14.7. The Balaban J connectivity index is 1.15. The third-order valence-corrected chi connectivity index (χ3v) is 8.19. The lowest BCUT2D eigenvalue weighted by Gasteiger charge is -2.31. The largest absolute Gasteiger partial charge is 0.492 e. The lowest BCUT2D eigenvalue weighted by molar-refractivity contribution is -0.0705. The Bertz CT molecular complexity index is 1830. The number of benzene rings is 3. The monoisotopic (exact) mass is 619 g/mol. The maximum Gasteiger partial charge on any atom is 0.335 e. The first-order chi connectivity index (χ1) is 21.7. The highest BCUT2D eigenvalue weighted by atomic mass is 19.1. The third-order valence-electron chi connectivity index (χ3n) is 8.19. The highest BCUT2D eigenvalue weighted by Gasteiger charge is 2.43. The van der Waals surface area contributed by atoms with E-state index >= 15 is 0 Å². The number of rotatable bonds is 9. The third kappa shape index (κ3) is 5.26. The zero-order valence-electron chi connectivity index (χ0n) is 24.7. The van der Waals surface area contributed by atoms with Crippen LogP contribution in [0.25, 0.3) is 11.0 Å². The Morgan fingerprint density at radius 3 is 2.69 bits per heavy atom. The van der Waals surface area contributed by atoms with E-state index in [-0.39, 0.29) is 17.2 Å². The van der Waals surface area contributed by atoms with Crippen LogP contribution in [0, 0.1) is 11.6 Å². The molecule has 1 aromatic heterocycles. The van der Waals surface area contributed by atoms with Crippen LogP contribution in [0.15, 0.2) is 53.6 Å². The van der Waals surface area contributed by atoms with E-state index < -0.39 is 23.4 Å². The lowest BCUT2D eigenvalue weighted by atomic mass is 10.1. The Morgan fingerprint density at radius 1 is 1.16 bits per heavy atom. The van der Waals surface area contributed by atoms with E-state index in [4.69, 9.17) is 23.9 Å². The molecule has 11 nitrogen and oxygen atoms in total. The van der Waals surface area contributed by atoms with E-state index in [1.165, 1.54) is 18.2 Å². The zero-order valence-corrected chi connectivity index (χ0v) is 24.7. The van der Waals surface area contributed by atoms with Crippen molar-refractivity contribution in [2.75, 3.05) is 31.2 Å². The maximum atomic E-state index is 14.7. The van der Waals surface area contributed by atoms with Gasteiger partial charge in [0.1, 0.15) is 35.1 Å². The van der Waals surface area contributed by atoms with E-state index in [1.54, 1.807) is 25.4 Å². The minimum atomic E-state index is -1.47. The summed E-state index contributed by atoms with van der Waals surface area (Å²) >= 11 is 0. The second-order valence-corrected chi connectivity index (χ2v) is 11.2. The predicted molar refractivity (Wildman–Crippen MR) is 160 cm³/mol. The van der Waals surface area contributed by atoms with Gasteiger partial charge in [-0.25, -0.2) is 18.6 Å². The van der Waals surface area contributed by atoms with Gasteiger partial charge in [0.2, 0.25) is 0 Å². The first-order valence-corrected chi connectivity index (χ1v) is 14.8. The molecule has 0 bridgehead atoms. The molecule has 0 aliphatic carbocycles. The Hall–Kier alpha value is -4.91. The molecule has 0 radical (unpaired) electrons.